The van der Waals surface area contributed by atoms with Gasteiger partial charge in [-0.25, -0.2) is 9.48 Å². The first-order valence-electron chi connectivity index (χ1n) is 6.02. The summed E-state index contributed by atoms with van der Waals surface area (Å²) in [6.07, 6.45) is 1.63. The average Bonchev–Trinajstić information content (AvgIpc) is 3.08. The number of rotatable bonds is 4. The molecule has 106 valence electrons. The van der Waals surface area contributed by atoms with E-state index in [0.717, 1.165) is 0 Å². The van der Waals surface area contributed by atoms with Gasteiger partial charge < -0.3 is 9.63 Å². The number of hydrogen-bond acceptors (Lipinski definition) is 7. The van der Waals surface area contributed by atoms with Gasteiger partial charge >= 0.3 is 5.97 Å². The van der Waals surface area contributed by atoms with Crippen molar-refractivity contribution < 1.29 is 14.4 Å². The van der Waals surface area contributed by atoms with E-state index in [2.05, 4.69) is 25.4 Å². The van der Waals surface area contributed by atoms with Gasteiger partial charge in [0, 0.05) is 6.20 Å². The number of hydrogen-bond donors (Lipinski definition) is 1. The van der Waals surface area contributed by atoms with Gasteiger partial charge in [-0.05, 0) is 19.1 Å². The molecule has 3 aromatic rings. The Morgan fingerprint density at radius 3 is 2.95 bits per heavy atom. The molecule has 0 bridgehead atoms. The second-order valence-corrected chi connectivity index (χ2v) is 4.21. The summed E-state index contributed by atoms with van der Waals surface area (Å²) in [7, 11) is 0. The molecule has 0 radical (unpaired) electrons. The topological polar surface area (TPSA) is 120 Å². The predicted molar refractivity (Wildman–Crippen MR) is 68.3 cm³/mol. The molecule has 21 heavy (non-hydrogen) atoms. The zero-order chi connectivity index (χ0) is 14.8. The summed E-state index contributed by atoms with van der Waals surface area (Å²) in [5.41, 5.74) is 0.911. The van der Waals surface area contributed by atoms with E-state index in [9.17, 15) is 4.79 Å². The number of nitrogens with zero attached hydrogens (tertiary/aromatic N) is 6. The lowest BCUT2D eigenvalue weighted by Gasteiger charge is -1.97. The third-order valence-corrected chi connectivity index (χ3v) is 2.83. The number of pyridine rings is 1. The van der Waals surface area contributed by atoms with Crippen LogP contribution in [0.3, 0.4) is 0 Å². The molecule has 3 heterocycles. The van der Waals surface area contributed by atoms with Crippen LogP contribution >= 0.6 is 0 Å². The van der Waals surface area contributed by atoms with Gasteiger partial charge in [0.1, 0.15) is 12.2 Å². The van der Waals surface area contributed by atoms with Crippen LogP contribution in [-0.2, 0) is 6.54 Å². The van der Waals surface area contributed by atoms with E-state index in [1.54, 1.807) is 25.3 Å². The van der Waals surface area contributed by atoms with Crippen LogP contribution < -0.4 is 0 Å². The SMILES string of the molecule is Cc1c(C(=O)O)nnn1Cc1nc(-c2ccccn2)no1. The fourth-order valence-electron chi connectivity index (χ4n) is 1.75. The van der Waals surface area contributed by atoms with Crippen LogP contribution in [0.4, 0.5) is 0 Å². The Morgan fingerprint density at radius 1 is 1.43 bits per heavy atom. The van der Waals surface area contributed by atoms with E-state index in [4.69, 9.17) is 9.63 Å². The van der Waals surface area contributed by atoms with Crippen LogP contribution in [0.15, 0.2) is 28.9 Å². The molecule has 0 aliphatic rings. The molecule has 0 aromatic carbocycles. The summed E-state index contributed by atoms with van der Waals surface area (Å²) in [6, 6.07) is 5.37. The van der Waals surface area contributed by atoms with Crippen LogP contribution in [0.5, 0.6) is 0 Å². The zero-order valence-corrected chi connectivity index (χ0v) is 11.0. The van der Waals surface area contributed by atoms with Gasteiger partial charge in [0.2, 0.25) is 11.7 Å². The molecule has 0 aliphatic heterocycles. The van der Waals surface area contributed by atoms with Gasteiger partial charge in [0.15, 0.2) is 5.69 Å². The highest BCUT2D eigenvalue weighted by atomic mass is 16.5. The van der Waals surface area contributed by atoms with Gasteiger partial charge in [0.25, 0.3) is 0 Å². The monoisotopic (exact) mass is 286 g/mol. The fraction of sp³-hybridized carbons (Fsp3) is 0.167. The highest BCUT2D eigenvalue weighted by molar-refractivity contribution is 5.86. The minimum absolute atomic E-state index is 0.0977. The van der Waals surface area contributed by atoms with Gasteiger partial charge in [-0.2, -0.15) is 4.98 Å². The quantitative estimate of drug-likeness (QED) is 0.747. The zero-order valence-electron chi connectivity index (χ0n) is 11.0. The van der Waals surface area contributed by atoms with Gasteiger partial charge in [-0.3, -0.25) is 4.98 Å². The summed E-state index contributed by atoms with van der Waals surface area (Å²) in [6.45, 7) is 1.76. The second kappa shape index (κ2) is 5.12. The summed E-state index contributed by atoms with van der Waals surface area (Å²) >= 11 is 0. The predicted octanol–water partition coefficient (Wildman–Crippen LogP) is 0.778. The summed E-state index contributed by atoms with van der Waals surface area (Å²) in [4.78, 5) is 19.2. The number of carboxylic acid groups (broad SMARTS) is 1. The number of carboxylic acids is 1. The van der Waals surface area contributed by atoms with Crippen molar-refractivity contribution in [1.29, 1.82) is 0 Å². The van der Waals surface area contributed by atoms with Crippen molar-refractivity contribution in [2.45, 2.75) is 13.5 Å². The molecule has 0 spiro atoms. The van der Waals surface area contributed by atoms with E-state index in [-0.39, 0.29) is 12.2 Å². The molecule has 0 saturated carbocycles. The maximum absolute atomic E-state index is 10.9. The maximum Gasteiger partial charge on any atom is 0.358 e. The molecule has 0 aliphatic carbocycles. The average molecular weight is 286 g/mol. The second-order valence-electron chi connectivity index (χ2n) is 4.21. The first-order valence-corrected chi connectivity index (χ1v) is 6.02. The molecular formula is C12H10N6O3. The lowest BCUT2D eigenvalue weighted by Crippen LogP contribution is -2.06. The summed E-state index contributed by atoms with van der Waals surface area (Å²) < 4.78 is 6.50. The lowest BCUT2D eigenvalue weighted by atomic mass is 10.3. The van der Waals surface area contributed by atoms with E-state index in [0.29, 0.717) is 23.1 Å². The summed E-state index contributed by atoms with van der Waals surface area (Å²) in [5, 5.41) is 20.1. The van der Waals surface area contributed by atoms with Crippen LogP contribution in [0.1, 0.15) is 22.1 Å². The van der Waals surface area contributed by atoms with Gasteiger partial charge in [-0.1, -0.05) is 16.4 Å². The minimum atomic E-state index is -1.13. The highest BCUT2D eigenvalue weighted by Crippen LogP contribution is 2.13. The molecule has 0 atom stereocenters. The third kappa shape index (κ3) is 2.48. The number of aromatic carboxylic acids is 1. The van der Waals surface area contributed by atoms with Crippen LogP contribution in [-0.4, -0.2) is 41.2 Å². The van der Waals surface area contributed by atoms with E-state index >= 15 is 0 Å². The largest absolute Gasteiger partial charge is 0.476 e. The van der Waals surface area contributed by atoms with E-state index in [1.165, 1.54) is 4.68 Å². The van der Waals surface area contributed by atoms with Crippen LogP contribution in [0, 0.1) is 6.92 Å². The molecule has 3 rings (SSSR count). The van der Waals surface area contributed by atoms with Crippen LogP contribution in [0.2, 0.25) is 0 Å². The third-order valence-electron chi connectivity index (χ3n) is 2.83. The Bertz CT molecular complexity index is 779. The molecule has 9 nitrogen and oxygen atoms in total. The maximum atomic E-state index is 10.9. The molecule has 0 amide bonds. The van der Waals surface area contributed by atoms with Gasteiger partial charge in [0.05, 0.1) is 5.69 Å². The molecule has 1 N–H and O–H groups in total. The molecule has 0 unspecified atom stereocenters. The Kier molecular flexibility index (Phi) is 3.14. The van der Waals surface area contributed by atoms with Crippen molar-refractivity contribution in [2.24, 2.45) is 0 Å². The van der Waals surface area contributed by atoms with Gasteiger partial charge in [-0.15, -0.1) is 5.10 Å². The Morgan fingerprint density at radius 2 is 2.29 bits per heavy atom. The summed E-state index contributed by atoms with van der Waals surface area (Å²) in [5.74, 6) is -0.471. The molecule has 0 fully saturated rings. The first-order chi connectivity index (χ1) is 10.1. The highest BCUT2D eigenvalue weighted by Gasteiger charge is 2.17. The van der Waals surface area contributed by atoms with Crippen molar-refractivity contribution in [2.75, 3.05) is 0 Å². The molecule has 0 saturated heterocycles. The normalized spacial score (nSPS) is 10.7. The van der Waals surface area contributed by atoms with Crippen molar-refractivity contribution in [1.82, 2.24) is 30.1 Å². The standard InChI is InChI=1S/C12H10N6O3/c1-7-10(12(19)20)15-17-18(7)6-9-14-11(16-21-9)8-4-2-3-5-13-8/h2-5H,6H2,1H3,(H,19,20). The Hall–Kier alpha value is -3.10. The van der Waals surface area contributed by atoms with E-state index in [1.807, 2.05) is 6.07 Å². The lowest BCUT2D eigenvalue weighted by molar-refractivity contribution is 0.0689. The Balaban J connectivity index is 1.84. The van der Waals surface area contributed by atoms with Crippen LogP contribution in [0.25, 0.3) is 11.5 Å². The fourth-order valence-corrected chi connectivity index (χ4v) is 1.75. The smallest absolute Gasteiger partial charge is 0.358 e. The van der Waals surface area contributed by atoms with Crippen molar-refractivity contribution in [3.63, 3.8) is 0 Å². The molecule has 9 heteroatoms. The van der Waals surface area contributed by atoms with Crippen molar-refractivity contribution in [3.8, 4) is 11.5 Å². The minimum Gasteiger partial charge on any atom is -0.476 e. The van der Waals surface area contributed by atoms with Crippen molar-refractivity contribution in [3.05, 3.63) is 41.7 Å². The van der Waals surface area contributed by atoms with Crippen molar-refractivity contribution >= 4 is 5.97 Å². The Labute approximate surface area is 118 Å². The number of carbonyl (C=O) groups is 1. The molecule has 3 aromatic heterocycles. The first kappa shape index (κ1) is 12.9. The molecular weight excluding hydrogens is 276 g/mol. The number of aromatic nitrogens is 6. The van der Waals surface area contributed by atoms with E-state index < -0.39 is 5.97 Å².